The van der Waals surface area contributed by atoms with E-state index in [-0.39, 0.29) is 5.76 Å². The summed E-state index contributed by atoms with van der Waals surface area (Å²) in [7, 11) is 1.34. The molecule has 1 heterocycles. The summed E-state index contributed by atoms with van der Waals surface area (Å²) in [5.41, 5.74) is 1.96. The highest BCUT2D eigenvalue weighted by Crippen LogP contribution is 2.13. The molecule has 2 rings (SSSR count). The average molecular weight is 324 g/mol. The maximum absolute atomic E-state index is 11.4. The molecule has 1 aromatic heterocycles. The Morgan fingerprint density at radius 2 is 2.21 bits per heavy atom. The van der Waals surface area contributed by atoms with Crippen molar-refractivity contribution in [2.45, 2.75) is 13.1 Å². The van der Waals surface area contributed by atoms with E-state index in [1.54, 1.807) is 6.07 Å². The zero-order chi connectivity index (χ0) is 13.7. The maximum Gasteiger partial charge on any atom is 0.374 e. The van der Waals surface area contributed by atoms with Crippen molar-refractivity contribution in [1.82, 2.24) is 5.32 Å². The van der Waals surface area contributed by atoms with E-state index in [1.807, 2.05) is 24.3 Å². The van der Waals surface area contributed by atoms with E-state index >= 15 is 0 Å². The van der Waals surface area contributed by atoms with Crippen LogP contribution in [0.2, 0.25) is 0 Å². The molecule has 0 saturated heterocycles. The van der Waals surface area contributed by atoms with Crippen LogP contribution in [-0.2, 0) is 17.8 Å². The molecule has 0 spiro atoms. The summed E-state index contributed by atoms with van der Waals surface area (Å²) >= 11 is 3.43. The number of rotatable bonds is 5. The molecule has 1 aromatic carbocycles. The van der Waals surface area contributed by atoms with Gasteiger partial charge in [-0.3, -0.25) is 0 Å². The molecular formula is C14H14BrNO3. The Labute approximate surface area is 119 Å². The zero-order valence-electron chi connectivity index (χ0n) is 10.5. The van der Waals surface area contributed by atoms with Gasteiger partial charge in [-0.15, -0.1) is 0 Å². The molecule has 0 amide bonds. The number of nitrogens with one attached hydrogen (secondary N) is 1. The minimum atomic E-state index is -0.454. The molecule has 19 heavy (non-hydrogen) atoms. The second kappa shape index (κ2) is 6.54. The van der Waals surface area contributed by atoms with E-state index in [0.717, 1.165) is 15.6 Å². The van der Waals surface area contributed by atoms with Crippen LogP contribution in [0.15, 0.2) is 45.5 Å². The molecule has 0 unspecified atom stereocenters. The second-order valence-corrected chi connectivity index (χ2v) is 4.92. The molecule has 0 aliphatic carbocycles. The molecule has 0 aliphatic heterocycles. The van der Waals surface area contributed by atoms with Crippen LogP contribution in [-0.4, -0.2) is 13.1 Å². The average Bonchev–Trinajstić information content (AvgIpc) is 2.86. The Morgan fingerprint density at radius 1 is 1.37 bits per heavy atom. The molecule has 0 saturated carbocycles. The van der Waals surface area contributed by atoms with Crippen LogP contribution < -0.4 is 5.32 Å². The van der Waals surface area contributed by atoms with Crippen LogP contribution in [0.1, 0.15) is 21.7 Å². The highest BCUT2D eigenvalue weighted by Gasteiger charge is 2.14. The van der Waals surface area contributed by atoms with E-state index in [2.05, 4.69) is 26.0 Å². The lowest BCUT2D eigenvalue weighted by Crippen LogP contribution is -2.14. The fourth-order valence-electron chi connectivity index (χ4n) is 1.74. The molecule has 0 atom stereocenters. The predicted octanol–water partition coefficient (Wildman–Crippen LogP) is 3.12. The SMILES string of the molecule is COC(=O)c1occc1CNCc1cccc(Br)c1. The molecule has 0 fully saturated rings. The van der Waals surface area contributed by atoms with Crippen LogP contribution in [0.3, 0.4) is 0 Å². The topological polar surface area (TPSA) is 51.5 Å². The van der Waals surface area contributed by atoms with Crippen LogP contribution in [0.5, 0.6) is 0 Å². The number of methoxy groups -OCH3 is 1. The van der Waals surface area contributed by atoms with Gasteiger partial charge in [0.05, 0.1) is 13.4 Å². The molecular weight excluding hydrogens is 310 g/mol. The van der Waals surface area contributed by atoms with E-state index in [9.17, 15) is 4.79 Å². The summed E-state index contributed by atoms with van der Waals surface area (Å²) in [5.74, 6) is -0.200. The first-order valence-electron chi connectivity index (χ1n) is 5.80. The number of carbonyl (C=O) groups excluding carboxylic acids is 1. The number of halogens is 1. The standard InChI is InChI=1S/C14H14BrNO3/c1-18-14(17)13-11(5-6-19-13)9-16-8-10-3-2-4-12(15)7-10/h2-7,16H,8-9H2,1H3. The molecule has 100 valence electrons. The lowest BCUT2D eigenvalue weighted by molar-refractivity contribution is 0.0563. The highest BCUT2D eigenvalue weighted by atomic mass is 79.9. The van der Waals surface area contributed by atoms with E-state index in [1.165, 1.54) is 13.4 Å². The third-order valence-electron chi connectivity index (χ3n) is 2.65. The van der Waals surface area contributed by atoms with Gasteiger partial charge in [-0.05, 0) is 23.8 Å². The van der Waals surface area contributed by atoms with Crippen molar-refractivity contribution in [2.75, 3.05) is 7.11 Å². The summed E-state index contributed by atoms with van der Waals surface area (Å²) in [4.78, 5) is 11.4. The molecule has 0 bridgehead atoms. The van der Waals surface area contributed by atoms with Gasteiger partial charge < -0.3 is 14.5 Å². The van der Waals surface area contributed by atoms with Crippen molar-refractivity contribution < 1.29 is 13.9 Å². The molecule has 0 radical (unpaired) electrons. The molecule has 5 heteroatoms. The van der Waals surface area contributed by atoms with E-state index in [0.29, 0.717) is 13.1 Å². The zero-order valence-corrected chi connectivity index (χ0v) is 12.1. The number of hydrogen-bond acceptors (Lipinski definition) is 4. The second-order valence-electron chi connectivity index (χ2n) is 4.00. The van der Waals surface area contributed by atoms with E-state index < -0.39 is 5.97 Å². The summed E-state index contributed by atoms with van der Waals surface area (Å²) in [6.07, 6.45) is 1.49. The minimum Gasteiger partial charge on any atom is -0.463 e. The quantitative estimate of drug-likeness (QED) is 0.859. The van der Waals surface area contributed by atoms with Crippen LogP contribution >= 0.6 is 15.9 Å². The Morgan fingerprint density at radius 3 is 2.95 bits per heavy atom. The maximum atomic E-state index is 11.4. The van der Waals surface area contributed by atoms with Gasteiger partial charge in [0.15, 0.2) is 0 Å². The van der Waals surface area contributed by atoms with Gasteiger partial charge in [-0.25, -0.2) is 4.79 Å². The number of benzene rings is 1. The van der Waals surface area contributed by atoms with Gasteiger partial charge >= 0.3 is 5.97 Å². The summed E-state index contributed by atoms with van der Waals surface area (Å²) in [6.45, 7) is 1.26. The molecule has 4 nitrogen and oxygen atoms in total. The number of hydrogen-bond donors (Lipinski definition) is 1. The third kappa shape index (κ3) is 3.68. The van der Waals surface area contributed by atoms with Gasteiger partial charge in [-0.1, -0.05) is 28.1 Å². The molecule has 1 N–H and O–H groups in total. The fraction of sp³-hybridized carbons (Fsp3) is 0.214. The summed E-state index contributed by atoms with van der Waals surface area (Å²) in [5, 5.41) is 3.26. The number of esters is 1. The summed E-state index contributed by atoms with van der Waals surface area (Å²) in [6, 6.07) is 9.81. The first-order chi connectivity index (χ1) is 9.20. The minimum absolute atomic E-state index is 0.254. The monoisotopic (exact) mass is 323 g/mol. The Balaban J connectivity index is 1.93. The van der Waals surface area contributed by atoms with Crippen LogP contribution in [0.4, 0.5) is 0 Å². The lowest BCUT2D eigenvalue weighted by atomic mass is 10.2. The Kier molecular flexibility index (Phi) is 4.76. The van der Waals surface area contributed by atoms with Crippen LogP contribution in [0, 0.1) is 0 Å². The number of carbonyl (C=O) groups is 1. The van der Waals surface area contributed by atoms with E-state index in [4.69, 9.17) is 4.42 Å². The first-order valence-corrected chi connectivity index (χ1v) is 6.60. The smallest absolute Gasteiger partial charge is 0.374 e. The third-order valence-corrected chi connectivity index (χ3v) is 3.14. The number of furan rings is 1. The lowest BCUT2D eigenvalue weighted by Gasteiger charge is -2.05. The van der Waals surface area contributed by atoms with Gasteiger partial charge in [0, 0.05) is 23.1 Å². The Bertz CT molecular complexity index is 565. The predicted molar refractivity (Wildman–Crippen MR) is 74.7 cm³/mol. The molecule has 2 aromatic rings. The van der Waals surface area contributed by atoms with Gasteiger partial charge in [0.25, 0.3) is 0 Å². The Hall–Kier alpha value is -1.59. The number of ether oxygens (including phenoxy) is 1. The highest BCUT2D eigenvalue weighted by molar-refractivity contribution is 9.10. The van der Waals surface area contributed by atoms with Gasteiger partial charge in [0.1, 0.15) is 0 Å². The van der Waals surface area contributed by atoms with Gasteiger partial charge in [-0.2, -0.15) is 0 Å². The molecule has 0 aliphatic rings. The van der Waals surface area contributed by atoms with Crippen LogP contribution in [0.25, 0.3) is 0 Å². The first kappa shape index (κ1) is 13.8. The largest absolute Gasteiger partial charge is 0.463 e. The van der Waals surface area contributed by atoms with Crippen molar-refractivity contribution in [3.05, 3.63) is 58.0 Å². The fourth-order valence-corrected chi connectivity index (χ4v) is 2.18. The van der Waals surface area contributed by atoms with Crippen molar-refractivity contribution >= 4 is 21.9 Å². The van der Waals surface area contributed by atoms with Crippen molar-refractivity contribution in [2.24, 2.45) is 0 Å². The normalized spacial score (nSPS) is 10.4. The van der Waals surface area contributed by atoms with Gasteiger partial charge in [0.2, 0.25) is 5.76 Å². The van der Waals surface area contributed by atoms with Crippen molar-refractivity contribution in [3.8, 4) is 0 Å². The van der Waals surface area contributed by atoms with Crippen molar-refractivity contribution in [3.63, 3.8) is 0 Å². The summed E-state index contributed by atoms with van der Waals surface area (Å²) < 4.78 is 10.8. The van der Waals surface area contributed by atoms with Crippen molar-refractivity contribution in [1.29, 1.82) is 0 Å².